The highest BCUT2D eigenvalue weighted by atomic mass is 19.1. The van der Waals surface area contributed by atoms with Gasteiger partial charge in [0.1, 0.15) is 11.6 Å². The molecule has 0 radical (unpaired) electrons. The van der Waals surface area contributed by atoms with E-state index >= 15 is 0 Å². The lowest BCUT2D eigenvalue weighted by molar-refractivity contribution is -0.116. The van der Waals surface area contributed by atoms with E-state index in [4.69, 9.17) is 0 Å². The minimum atomic E-state index is -0.308. The Labute approximate surface area is 154 Å². The van der Waals surface area contributed by atoms with Crippen molar-refractivity contribution in [3.05, 3.63) is 36.1 Å². The topological polar surface area (TPSA) is 61.0 Å². The van der Waals surface area contributed by atoms with Crippen molar-refractivity contribution in [1.82, 2.24) is 15.1 Å². The van der Waals surface area contributed by atoms with Gasteiger partial charge in [-0.05, 0) is 51.8 Å². The second-order valence-corrected chi connectivity index (χ2v) is 7.20. The minimum absolute atomic E-state index is 0.0308. The number of benzene rings is 1. The summed E-state index contributed by atoms with van der Waals surface area (Å²) in [5, 5.41) is 9.77. The van der Waals surface area contributed by atoms with Crippen molar-refractivity contribution in [2.24, 2.45) is 0 Å². The van der Waals surface area contributed by atoms with Crippen LogP contribution in [0.3, 0.4) is 0 Å². The minimum Gasteiger partial charge on any atom is -0.311 e. The molecule has 6 heteroatoms. The van der Waals surface area contributed by atoms with E-state index in [1.165, 1.54) is 31.4 Å². The van der Waals surface area contributed by atoms with Crippen LogP contribution in [-0.4, -0.2) is 39.6 Å². The van der Waals surface area contributed by atoms with E-state index < -0.39 is 0 Å². The number of nitrogens with one attached hydrogen (secondary N) is 2. The molecule has 1 aromatic heterocycles. The summed E-state index contributed by atoms with van der Waals surface area (Å²) in [5.41, 5.74) is 1.28. The van der Waals surface area contributed by atoms with Gasteiger partial charge in [0, 0.05) is 30.1 Å². The Hall–Kier alpha value is -2.21. The molecular formula is C20H27FN4O. The van der Waals surface area contributed by atoms with Gasteiger partial charge in [-0.3, -0.25) is 14.8 Å². The van der Waals surface area contributed by atoms with Crippen LogP contribution < -0.4 is 5.32 Å². The van der Waals surface area contributed by atoms with Crippen LogP contribution in [0.4, 0.5) is 10.2 Å². The molecule has 2 heterocycles. The summed E-state index contributed by atoms with van der Waals surface area (Å²) < 4.78 is 13.3. The van der Waals surface area contributed by atoms with Gasteiger partial charge in [-0.2, -0.15) is 5.10 Å². The first-order valence-electron chi connectivity index (χ1n) is 9.40. The second kappa shape index (κ2) is 8.45. The normalized spacial score (nSPS) is 20.9. The van der Waals surface area contributed by atoms with Crippen LogP contribution in [0.1, 0.15) is 46.0 Å². The number of hydrogen-bond acceptors (Lipinski definition) is 3. The molecule has 1 aliphatic rings. The fraction of sp³-hybridized carbons (Fsp3) is 0.500. The van der Waals surface area contributed by atoms with Gasteiger partial charge in [0.15, 0.2) is 0 Å². The zero-order valence-corrected chi connectivity index (χ0v) is 15.5. The first kappa shape index (κ1) is 18.6. The molecule has 0 spiro atoms. The average molecular weight is 358 g/mol. The Morgan fingerprint density at radius 2 is 2.08 bits per heavy atom. The predicted octanol–water partition coefficient (Wildman–Crippen LogP) is 4.20. The van der Waals surface area contributed by atoms with Crippen LogP contribution in [0.25, 0.3) is 11.3 Å². The summed E-state index contributed by atoms with van der Waals surface area (Å²) in [6, 6.07) is 9.16. The van der Waals surface area contributed by atoms with E-state index in [9.17, 15) is 9.18 Å². The molecule has 1 amide bonds. The summed E-state index contributed by atoms with van der Waals surface area (Å²) >= 11 is 0. The van der Waals surface area contributed by atoms with Crippen molar-refractivity contribution in [2.45, 2.75) is 58.0 Å². The molecule has 1 fully saturated rings. The van der Waals surface area contributed by atoms with Gasteiger partial charge >= 0.3 is 0 Å². The number of anilines is 1. The maximum Gasteiger partial charge on any atom is 0.225 e. The molecule has 0 unspecified atom stereocenters. The summed E-state index contributed by atoms with van der Waals surface area (Å²) in [6.07, 6.45) is 5.10. The molecule has 0 saturated carbocycles. The standard InChI is InChI=1S/C20H27FN4O/c1-14-6-3-7-15(2)25(14)11-5-10-20(26)22-19-13-18(23-24-19)16-8-4-9-17(21)12-16/h4,8-9,12-15H,3,5-7,10-11H2,1-2H3,(H2,22,23,24,26)/t14-,15+. The highest BCUT2D eigenvalue weighted by Gasteiger charge is 2.24. The van der Waals surface area contributed by atoms with E-state index in [1.54, 1.807) is 18.2 Å². The van der Waals surface area contributed by atoms with Gasteiger partial charge in [0.05, 0.1) is 5.69 Å². The van der Waals surface area contributed by atoms with E-state index in [0.29, 0.717) is 35.6 Å². The largest absolute Gasteiger partial charge is 0.311 e. The number of hydrogen-bond donors (Lipinski definition) is 2. The lowest BCUT2D eigenvalue weighted by Crippen LogP contribution is -2.44. The van der Waals surface area contributed by atoms with Crippen molar-refractivity contribution < 1.29 is 9.18 Å². The molecule has 0 aliphatic carbocycles. The highest BCUT2D eigenvalue weighted by Crippen LogP contribution is 2.23. The Morgan fingerprint density at radius 3 is 2.81 bits per heavy atom. The molecule has 1 aliphatic heterocycles. The molecule has 5 nitrogen and oxygen atoms in total. The number of rotatable bonds is 6. The van der Waals surface area contributed by atoms with Crippen LogP contribution in [0.15, 0.2) is 30.3 Å². The highest BCUT2D eigenvalue weighted by molar-refractivity contribution is 5.90. The third-order valence-electron chi connectivity index (χ3n) is 5.17. The lowest BCUT2D eigenvalue weighted by Gasteiger charge is -2.39. The molecule has 2 atom stereocenters. The first-order valence-corrected chi connectivity index (χ1v) is 9.40. The number of nitrogens with zero attached hydrogens (tertiary/aromatic N) is 2. The van der Waals surface area contributed by atoms with Crippen molar-refractivity contribution in [2.75, 3.05) is 11.9 Å². The molecular weight excluding hydrogens is 331 g/mol. The number of aromatic nitrogens is 2. The molecule has 140 valence electrons. The number of carbonyl (C=O) groups is 1. The fourth-order valence-corrected chi connectivity index (χ4v) is 3.73. The number of likely N-dealkylation sites (tertiary alicyclic amines) is 1. The Kier molecular flexibility index (Phi) is 6.04. The van der Waals surface area contributed by atoms with Crippen molar-refractivity contribution in [3.8, 4) is 11.3 Å². The molecule has 2 aromatic rings. The van der Waals surface area contributed by atoms with Crippen molar-refractivity contribution >= 4 is 11.7 Å². The van der Waals surface area contributed by atoms with Gasteiger partial charge in [0.25, 0.3) is 0 Å². The zero-order chi connectivity index (χ0) is 18.5. The zero-order valence-electron chi connectivity index (χ0n) is 15.5. The molecule has 2 N–H and O–H groups in total. The van der Waals surface area contributed by atoms with E-state index in [1.807, 2.05) is 0 Å². The fourth-order valence-electron chi connectivity index (χ4n) is 3.73. The third kappa shape index (κ3) is 4.69. The summed E-state index contributed by atoms with van der Waals surface area (Å²) in [4.78, 5) is 14.7. The molecule has 26 heavy (non-hydrogen) atoms. The second-order valence-electron chi connectivity index (χ2n) is 7.20. The van der Waals surface area contributed by atoms with Crippen LogP contribution in [0.5, 0.6) is 0 Å². The van der Waals surface area contributed by atoms with Crippen LogP contribution in [-0.2, 0) is 4.79 Å². The smallest absolute Gasteiger partial charge is 0.225 e. The average Bonchev–Trinajstić information content (AvgIpc) is 3.06. The molecule has 3 rings (SSSR count). The SMILES string of the molecule is C[C@@H]1CCC[C@H](C)N1CCCC(=O)Nc1cc(-c2cccc(F)c2)n[nH]1. The monoisotopic (exact) mass is 358 g/mol. The van der Waals surface area contributed by atoms with Crippen LogP contribution in [0, 0.1) is 5.82 Å². The summed E-state index contributed by atoms with van der Waals surface area (Å²) in [5.74, 6) is 0.197. The number of aromatic amines is 1. The molecule has 1 aromatic carbocycles. The maximum atomic E-state index is 13.3. The van der Waals surface area contributed by atoms with Crippen LogP contribution in [0.2, 0.25) is 0 Å². The Morgan fingerprint density at radius 1 is 1.31 bits per heavy atom. The Balaban J connectivity index is 1.48. The number of piperidine rings is 1. The molecule has 0 bridgehead atoms. The lowest BCUT2D eigenvalue weighted by atomic mass is 9.97. The van der Waals surface area contributed by atoms with Gasteiger partial charge in [-0.15, -0.1) is 0 Å². The van der Waals surface area contributed by atoms with Crippen LogP contribution >= 0.6 is 0 Å². The van der Waals surface area contributed by atoms with E-state index in [-0.39, 0.29) is 11.7 Å². The molecule has 1 saturated heterocycles. The third-order valence-corrected chi connectivity index (χ3v) is 5.17. The van der Waals surface area contributed by atoms with E-state index in [2.05, 4.69) is 34.3 Å². The first-order chi connectivity index (χ1) is 12.5. The van der Waals surface area contributed by atoms with Crippen molar-refractivity contribution in [3.63, 3.8) is 0 Å². The Bertz CT molecular complexity index is 735. The van der Waals surface area contributed by atoms with Gasteiger partial charge in [0.2, 0.25) is 5.91 Å². The maximum absolute atomic E-state index is 13.3. The van der Waals surface area contributed by atoms with Crippen molar-refractivity contribution in [1.29, 1.82) is 0 Å². The summed E-state index contributed by atoms with van der Waals surface area (Å²) in [7, 11) is 0. The number of amides is 1. The predicted molar refractivity (Wildman–Crippen MR) is 101 cm³/mol. The number of carbonyl (C=O) groups excluding carboxylic acids is 1. The number of halogens is 1. The quantitative estimate of drug-likeness (QED) is 0.814. The van der Waals surface area contributed by atoms with Gasteiger partial charge in [-0.25, -0.2) is 4.39 Å². The van der Waals surface area contributed by atoms with E-state index in [0.717, 1.165) is 13.0 Å². The summed E-state index contributed by atoms with van der Waals surface area (Å²) in [6.45, 7) is 5.50. The van der Waals surface area contributed by atoms with Gasteiger partial charge in [-0.1, -0.05) is 18.6 Å². The van der Waals surface area contributed by atoms with Gasteiger partial charge < -0.3 is 5.32 Å². The number of H-pyrrole nitrogens is 1.